The Labute approximate surface area is 177 Å². The number of carbonyl (C=O) groups is 1. The second kappa shape index (κ2) is 8.86. The molecule has 2 saturated carbocycles. The van der Waals surface area contributed by atoms with E-state index in [9.17, 15) is 4.79 Å². The first-order chi connectivity index (χ1) is 14.2. The minimum Gasteiger partial charge on any atom is -0.469 e. The molecular weight excluding hydrogens is 362 g/mol. The van der Waals surface area contributed by atoms with E-state index in [4.69, 9.17) is 9.47 Å². The number of methoxy groups -OCH3 is 1. The Morgan fingerprint density at radius 3 is 2.38 bits per heavy atom. The predicted molar refractivity (Wildman–Crippen MR) is 114 cm³/mol. The van der Waals surface area contributed by atoms with Crippen molar-refractivity contribution in [3.8, 4) is 0 Å². The van der Waals surface area contributed by atoms with Gasteiger partial charge in [-0.05, 0) is 75.5 Å². The molecule has 0 amide bonds. The van der Waals surface area contributed by atoms with Gasteiger partial charge < -0.3 is 9.47 Å². The van der Waals surface area contributed by atoms with E-state index in [1.807, 2.05) is 0 Å². The van der Waals surface area contributed by atoms with Crippen molar-refractivity contribution in [2.75, 3.05) is 13.7 Å². The highest BCUT2D eigenvalue weighted by Gasteiger charge is 2.46. The van der Waals surface area contributed by atoms with Crippen LogP contribution in [0.1, 0.15) is 89.9 Å². The van der Waals surface area contributed by atoms with Gasteiger partial charge in [-0.25, -0.2) is 0 Å². The quantitative estimate of drug-likeness (QED) is 0.609. The summed E-state index contributed by atoms with van der Waals surface area (Å²) >= 11 is 0. The fraction of sp³-hybridized carbons (Fsp3) is 0.960. The van der Waals surface area contributed by atoms with Gasteiger partial charge in [-0.2, -0.15) is 0 Å². The van der Waals surface area contributed by atoms with Crippen LogP contribution in [0.25, 0.3) is 0 Å². The second-order valence-corrected chi connectivity index (χ2v) is 11.0. The second-order valence-electron chi connectivity index (χ2n) is 11.0. The number of esters is 1. The third-order valence-electron chi connectivity index (χ3n) is 9.18. The van der Waals surface area contributed by atoms with Crippen LogP contribution in [-0.4, -0.2) is 48.8 Å². The summed E-state index contributed by atoms with van der Waals surface area (Å²) in [6.45, 7) is 1.10. The molecule has 6 atom stereocenters. The number of carbonyl (C=O) groups excluding carboxylic acids is 1. The first kappa shape index (κ1) is 20.3. The fourth-order valence-electron chi connectivity index (χ4n) is 7.79. The lowest BCUT2D eigenvalue weighted by atomic mass is 9.73. The van der Waals surface area contributed by atoms with Gasteiger partial charge in [-0.15, -0.1) is 0 Å². The van der Waals surface area contributed by atoms with Crippen LogP contribution in [0.4, 0.5) is 0 Å². The average Bonchev–Trinajstić information content (AvgIpc) is 3.23. The Morgan fingerprint density at radius 2 is 1.66 bits per heavy atom. The number of ether oxygens (including phenoxy) is 2. The molecule has 4 heteroatoms. The largest absolute Gasteiger partial charge is 0.469 e. The van der Waals surface area contributed by atoms with Gasteiger partial charge >= 0.3 is 5.97 Å². The molecule has 5 rings (SSSR count). The van der Waals surface area contributed by atoms with Crippen molar-refractivity contribution in [2.24, 2.45) is 23.7 Å². The van der Waals surface area contributed by atoms with Crippen molar-refractivity contribution in [1.29, 1.82) is 0 Å². The van der Waals surface area contributed by atoms with Gasteiger partial charge in [0.05, 0.1) is 25.2 Å². The van der Waals surface area contributed by atoms with Crippen molar-refractivity contribution in [2.45, 2.75) is 114 Å². The highest BCUT2D eigenvalue weighted by Crippen LogP contribution is 2.45. The third kappa shape index (κ3) is 4.39. The van der Waals surface area contributed by atoms with E-state index in [1.54, 1.807) is 0 Å². The Kier molecular flexibility index (Phi) is 6.21. The van der Waals surface area contributed by atoms with Gasteiger partial charge in [0, 0.05) is 18.6 Å². The van der Waals surface area contributed by atoms with Crippen LogP contribution in [0, 0.1) is 23.7 Å². The number of nitrogens with zero attached hydrogens (tertiary/aromatic N) is 1. The minimum atomic E-state index is 0.00805. The Bertz CT molecular complexity index is 560. The zero-order valence-corrected chi connectivity index (χ0v) is 18.4. The molecule has 0 spiro atoms. The van der Waals surface area contributed by atoms with Crippen LogP contribution in [0.5, 0.6) is 0 Å². The van der Waals surface area contributed by atoms with Gasteiger partial charge in [0.2, 0.25) is 0 Å². The highest BCUT2D eigenvalue weighted by molar-refractivity contribution is 5.72. The maximum absolute atomic E-state index is 12.0. The summed E-state index contributed by atoms with van der Waals surface area (Å²) < 4.78 is 11.6. The zero-order chi connectivity index (χ0) is 19.8. The van der Waals surface area contributed by atoms with Crippen LogP contribution in [0.15, 0.2) is 0 Å². The van der Waals surface area contributed by atoms with E-state index in [0.29, 0.717) is 24.3 Å². The van der Waals surface area contributed by atoms with Crippen molar-refractivity contribution in [1.82, 2.24) is 4.90 Å². The molecule has 0 aromatic heterocycles. The lowest BCUT2D eigenvalue weighted by Crippen LogP contribution is -2.47. The standard InChI is InChI=1S/C25H41NO3/c1-28-25(27)20-13-21-8-9-22(14-20)26(21)16-23-15-19-12-18(7-10-24(19)29-23)11-17-5-3-2-4-6-17/h17-24H,2-16H2,1H3. The van der Waals surface area contributed by atoms with Crippen molar-refractivity contribution >= 4 is 5.97 Å². The molecule has 2 aliphatic carbocycles. The van der Waals surface area contributed by atoms with Crippen molar-refractivity contribution in [3.63, 3.8) is 0 Å². The number of piperidine rings is 1. The van der Waals surface area contributed by atoms with Gasteiger partial charge in [-0.3, -0.25) is 9.69 Å². The number of hydrogen-bond acceptors (Lipinski definition) is 4. The van der Waals surface area contributed by atoms with Crippen LogP contribution in [0.3, 0.4) is 0 Å². The molecule has 4 nitrogen and oxygen atoms in total. The molecule has 29 heavy (non-hydrogen) atoms. The molecule has 0 N–H and O–H groups in total. The summed E-state index contributed by atoms with van der Waals surface area (Å²) in [4.78, 5) is 14.7. The normalized spacial score (nSPS) is 43.3. The Morgan fingerprint density at radius 1 is 0.897 bits per heavy atom. The van der Waals surface area contributed by atoms with Crippen LogP contribution < -0.4 is 0 Å². The topological polar surface area (TPSA) is 38.8 Å². The monoisotopic (exact) mass is 403 g/mol. The lowest BCUT2D eigenvalue weighted by Gasteiger charge is -2.39. The summed E-state index contributed by atoms with van der Waals surface area (Å²) in [5, 5.41) is 0. The van der Waals surface area contributed by atoms with Crippen LogP contribution in [-0.2, 0) is 14.3 Å². The SMILES string of the molecule is COC(=O)C1CC2CCC(C1)N2CC1CC2CC(CC3CCCCC3)CCC2O1. The molecule has 6 unspecified atom stereocenters. The summed E-state index contributed by atoms with van der Waals surface area (Å²) in [6, 6.07) is 1.14. The molecule has 0 radical (unpaired) electrons. The third-order valence-corrected chi connectivity index (χ3v) is 9.18. The van der Waals surface area contributed by atoms with E-state index >= 15 is 0 Å². The number of rotatable bonds is 5. The zero-order valence-electron chi connectivity index (χ0n) is 18.4. The predicted octanol–water partition coefficient (Wildman–Crippen LogP) is 4.95. The van der Waals surface area contributed by atoms with Crippen LogP contribution in [0.2, 0.25) is 0 Å². The molecule has 3 saturated heterocycles. The van der Waals surface area contributed by atoms with E-state index in [2.05, 4.69) is 4.90 Å². The van der Waals surface area contributed by atoms with Gasteiger partial charge in [-0.1, -0.05) is 32.1 Å². The minimum absolute atomic E-state index is 0.00805. The molecule has 0 aromatic rings. The molecule has 0 aromatic carbocycles. The molecular formula is C25H41NO3. The summed E-state index contributed by atoms with van der Waals surface area (Å²) in [6.07, 6.45) is 19.8. The molecule has 5 fully saturated rings. The van der Waals surface area contributed by atoms with Gasteiger partial charge in [0.1, 0.15) is 0 Å². The maximum atomic E-state index is 12.0. The molecule has 2 bridgehead atoms. The number of fused-ring (bicyclic) bond motifs is 3. The average molecular weight is 404 g/mol. The summed E-state index contributed by atoms with van der Waals surface area (Å²) in [7, 11) is 1.53. The summed E-state index contributed by atoms with van der Waals surface area (Å²) in [5.74, 6) is 2.94. The Balaban J connectivity index is 1.12. The Hall–Kier alpha value is -0.610. The van der Waals surface area contributed by atoms with Crippen molar-refractivity contribution < 1.29 is 14.3 Å². The van der Waals surface area contributed by atoms with E-state index < -0.39 is 0 Å². The first-order valence-corrected chi connectivity index (χ1v) is 12.7. The smallest absolute Gasteiger partial charge is 0.308 e. The lowest BCUT2D eigenvalue weighted by molar-refractivity contribution is -0.148. The summed E-state index contributed by atoms with van der Waals surface area (Å²) in [5.41, 5.74) is 0. The number of hydrogen-bond donors (Lipinski definition) is 0. The fourth-order valence-corrected chi connectivity index (χ4v) is 7.79. The molecule has 3 aliphatic heterocycles. The molecule has 5 aliphatic rings. The van der Waals surface area contributed by atoms with Crippen LogP contribution >= 0.6 is 0 Å². The highest BCUT2D eigenvalue weighted by atomic mass is 16.5. The van der Waals surface area contributed by atoms with E-state index in [-0.39, 0.29) is 11.9 Å². The van der Waals surface area contributed by atoms with Crippen molar-refractivity contribution in [3.05, 3.63) is 0 Å². The molecule has 164 valence electrons. The van der Waals surface area contributed by atoms with E-state index in [0.717, 1.165) is 37.1 Å². The van der Waals surface area contributed by atoms with Gasteiger partial charge in [0.25, 0.3) is 0 Å². The van der Waals surface area contributed by atoms with E-state index in [1.165, 1.54) is 84.2 Å². The van der Waals surface area contributed by atoms with Gasteiger partial charge in [0.15, 0.2) is 0 Å². The first-order valence-electron chi connectivity index (χ1n) is 12.7. The maximum Gasteiger partial charge on any atom is 0.308 e. The molecule has 3 heterocycles.